The fraction of sp³-hybridized carbons (Fsp3) is 0.320. The smallest absolute Gasteiger partial charge is 0.246 e. The quantitative estimate of drug-likeness (QED) is 0.597. The van der Waals surface area contributed by atoms with Crippen LogP contribution in [-0.2, 0) is 17.9 Å². The number of carbonyl (C=O) groups is 1. The number of aromatic nitrogens is 2. The van der Waals surface area contributed by atoms with Crippen LogP contribution in [0.3, 0.4) is 0 Å². The molecule has 4 rings (SSSR count). The maximum atomic E-state index is 12.9. The van der Waals surface area contributed by atoms with Crippen molar-refractivity contribution in [3.8, 4) is 17.2 Å². The third-order valence-electron chi connectivity index (χ3n) is 5.82. The number of aryl methyl sites for hydroxylation is 2. The standard InChI is InChI=1S/C25H27N5OS/c1-4-30-14-22(17(3)28-30)19-7-5-6-8-20(19)23-13-29(25(31)10-9-16(2)27)15-24-21(23)11-18(12-26)32-24/h5-11,14,16,23H,4,13,15,27H2,1-3H3/b10-9+/t16-,23+/m1/s1. The van der Waals surface area contributed by atoms with Crippen LogP contribution in [0.1, 0.15) is 46.3 Å². The van der Waals surface area contributed by atoms with E-state index in [0.717, 1.165) is 39.4 Å². The summed E-state index contributed by atoms with van der Waals surface area (Å²) in [5.74, 6) is -0.0809. The maximum Gasteiger partial charge on any atom is 0.246 e. The van der Waals surface area contributed by atoms with E-state index in [9.17, 15) is 10.1 Å². The normalized spacial score (nSPS) is 16.7. The Bertz CT molecular complexity index is 1210. The third kappa shape index (κ3) is 4.24. The fourth-order valence-electron chi connectivity index (χ4n) is 4.24. The van der Waals surface area contributed by atoms with Gasteiger partial charge in [0.25, 0.3) is 0 Å². The van der Waals surface area contributed by atoms with Crippen LogP contribution in [0.2, 0.25) is 0 Å². The molecule has 2 N–H and O–H groups in total. The Morgan fingerprint density at radius 1 is 1.38 bits per heavy atom. The van der Waals surface area contributed by atoms with Gasteiger partial charge in [0.05, 0.1) is 12.2 Å². The van der Waals surface area contributed by atoms with Gasteiger partial charge in [0.1, 0.15) is 10.9 Å². The van der Waals surface area contributed by atoms with E-state index in [0.29, 0.717) is 18.0 Å². The SMILES string of the molecule is CCn1cc(-c2ccccc2[C@@H]2CN(C(=O)/C=C/[C@@H](C)N)Cc3sc(C#N)cc32)c(C)n1. The minimum Gasteiger partial charge on any atom is -0.333 e. The van der Waals surface area contributed by atoms with Gasteiger partial charge in [-0.3, -0.25) is 9.48 Å². The Balaban J connectivity index is 1.80. The number of rotatable bonds is 5. The number of hydrogen-bond donors (Lipinski definition) is 1. The number of benzene rings is 1. The molecule has 3 heterocycles. The molecule has 164 valence electrons. The van der Waals surface area contributed by atoms with Gasteiger partial charge < -0.3 is 10.6 Å². The molecule has 0 saturated carbocycles. The lowest BCUT2D eigenvalue weighted by atomic mass is 9.84. The van der Waals surface area contributed by atoms with Gasteiger partial charge >= 0.3 is 0 Å². The molecule has 1 aromatic carbocycles. The fourth-order valence-corrected chi connectivity index (χ4v) is 5.27. The van der Waals surface area contributed by atoms with Crippen LogP contribution in [0.15, 0.2) is 48.7 Å². The maximum absolute atomic E-state index is 12.9. The van der Waals surface area contributed by atoms with Crippen LogP contribution in [0.5, 0.6) is 0 Å². The molecule has 32 heavy (non-hydrogen) atoms. The molecule has 3 aromatic rings. The molecule has 1 aliphatic heterocycles. The van der Waals surface area contributed by atoms with Crippen LogP contribution in [0.4, 0.5) is 0 Å². The lowest BCUT2D eigenvalue weighted by Gasteiger charge is -2.33. The molecule has 2 aromatic heterocycles. The van der Waals surface area contributed by atoms with Gasteiger partial charge in [-0.25, -0.2) is 0 Å². The first-order chi connectivity index (χ1) is 15.4. The third-order valence-corrected chi connectivity index (χ3v) is 6.86. The molecular formula is C25H27N5OS. The Morgan fingerprint density at radius 3 is 2.84 bits per heavy atom. The number of thiophene rings is 1. The first kappa shape index (κ1) is 22.0. The highest BCUT2D eigenvalue weighted by molar-refractivity contribution is 7.12. The zero-order chi connectivity index (χ0) is 22.8. The second-order valence-electron chi connectivity index (χ2n) is 8.16. The molecule has 2 atom stereocenters. The highest BCUT2D eigenvalue weighted by Gasteiger charge is 2.32. The van der Waals surface area contributed by atoms with Crippen molar-refractivity contribution in [3.05, 3.63) is 75.3 Å². The molecule has 0 radical (unpaired) electrons. The minimum absolute atomic E-state index is 0.0228. The average molecular weight is 446 g/mol. The van der Waals surface area contributed by atoms with Crippen molar-refractivity contribution in [2.75, 3.05) is 6.54 Å². The molecule has 0 fully saturated rings. The van der Waals surface area contributed by atoms with Crippen LogP contribution < -0.4 is 5.73 Å². The molecule has 1 aliphatic rings. The summed E-state index contributed by atoms with van der Waals surface area (Å²) in [6.07, 6.45) is 5.37. The molecule has 0 bridgehead atoms. The topological polar surface area (TPSA) is 87.9 Å². The second-order valence-corrected chi connectivity index (χ2v) is 9.30. The molecule has 1 amide bonds. The van der Waals surface area contributed by atoms with Crippen molar-refractivity contribution in [2.45, 2.75) is 45.8 Å². The Kier molecular flexibility index (Phi) is 6.26. The van der Waals surface area contributed by atoms with E-state index in [-0.39, 0.29) is 17.9 Å². The summed E-state index contributed by atoms with van der Waals surface area (Å²) in [6, 6.07) is 12.4. The number of nitriles is 1. The Hall–Kier alpha value is -3.21. The van der Waals surface area contributed by atoms with Crippen molar-refractivity contribution < 1.29 is 4.79 Å². The van der Waals surface area contributed by atoms with Gasteiger partial charge in [0.2, 0.25) is 5.91 Å². The monoisotopic (exact) mass is 445 g/mol. The largest absolute Gasteiger partial charge is 0.333 e. The lowest BCUT2D eigenvalue weighted by Crippen LogP contribution is -2.37. The zero-order valence-corrected chi connectivity index (χ0v) is 19.4. The van der Waals surface area contributed by atoms with E-state index in [1.165, 1.54) is 11.3 Å². The summed E-state index contributed by atoms with van der Waals surface area (Å²) in [5.41, 5.74) is 11.3. The van der Waals surface area contributed by atoms with Crippen LogP contribution >= 0.6 is 11.3 Å². The highest BCUT2D eigenvalue weighted by Crippen LogP contribution is 2.42. The van der Waals surface area contributed by atoms with E-state index < -0.39 is 0 Å². The number of nitrogens with two attached hydrogens (primary N) is 1. The van der Waals surface area contributed by atoms with Crippen molar-refractivity contribution in [3.63, 3.8) is 0 Å². The molecule has 0 spiro atoms. The van der Waals surface area contributed by atoms with E-state index in [4.69, 9.17) is 5.73 Å². The van der Waals surface area contributed by atoms with E-state index in [2.05, 4.69) is 36.4 Å². The van der Waals surface area contributed by atoms with E-state index >= 15 is 0 Å². The average Bonchev–Trinajstić information content (AvgIpc) is 3.39. The summed E-state index contributed by atoms with van der Waals surface area (Å²) in [6.45, 7) is 7.81. The Labute approximate surface area is 192 Å². The summed E-state index contributed by atoms with van der Waals surface area (Å²) in [7, 11) is 0. The number of hydrogen-bond acceptors (Lipinski definition) is 5. The first-order valence-corrected chi connectivity index (χ1v) is 11.6. The molecule has 0 saturated heterocycles. The van der Waals surface area contributed by atoms with Crippen molar-refractivity contribution >= 4 is 17.2 Å². The summed E-state index contributed by atoms with van der Waals surface area (Å²) in [4.78, 5) is 16.5. The number of amides is 1. The van der Waals surface area contributed by atoms with E-state index in [1.807, 2.05) is 41.6 Å². The zero-order valence-electron chi connectivity index (χ0n) is 18.6. The molecule has 0 unspecified atom stereocenters. The number of nitrogens with zero attached hydrogens (tertiary/aromatic N) is 4. The van der Waals surface area contributed by atoms with Gasteiger partial charge in [-0.05, 0) is 43.5 Å². The molecular weight excluding hydrogens is 418 g/mol. The minimum atomic E-state index is -0.180. The molecule has 6 nitrogen and oxygen atoms in total. The first-order valence-electron chi connectivity index (χ1n) is 10.8. The number of fused-ring (bicyclic) bond motifs is 1. The van der Waals surface area contributed by atoms with Gasteiger partial charge in [0.15, 0.2) is 0 Å². The van der Waals surface area contributed by atoms with Gasteiger partial charge in [-0.15, -0.1) is 11.3 Å². The van der Waals surface area contributed by atoms with Crippen LogP contribution in [-0.4, -0.2) is 33.2 Å². The van der Waals surface area contributed by atoms with Crippen molar-refractivity contribution in [2.24, 2.45) is 5.73 Å². The Morgan fingerprint density at radius 2 is 2.16 bits per heavy atom. The molecule has 0 aliphatic carbocycles. The van der Waals surface area contributed by atoms with E-state index in [1.54, 1.807) is 12.2 Å². The van der Waals surface area contributed by atoms with Gasteiger partial charge in [0, 0.05) is 47.8 Å². The second kappa shape index (κ2) is 9.11. The lowest BCUT2D eigenvalue weighted by molar-refractivity contribution is -0.127. The van der Waals surface area contributed by atoms with Crippen molar-refractivity contribution in [1.29, 1.82) is 5.26 Å². The van der Waals surface area contributed by atoms with Crippen molar-refractivity contribution in [1.82, 2.24) is 14.7 Å². The number of carbonyl (C=O) groups excluding carboxylic acids is 1. The predicted octanol–water partition coefficient (Wildman–Crippen LogP) is 4.19. The predicted molar refractivity (Wildman–Crippen MR) is 127 cm³/mol. The van der Waals surface area contributed by atoms with Crippen LogP contribution in [0, 0.1) is 18.3 Å². The molecule has 7 heteroatoms. The highest BCUT2D eigenvalue weighted by atomic mass is 32.1. The summed E-state index contributed by atoms with van der Waals surface area (Å²) < 4.78 is 1.95. The van der Waals surface area contributed by atoms with Gasteiger partial charge in [-0.1, -0.05) is 30.3 Å². The van der Waals surface area contributed by atoms with Gasteiger partial charge in [-0.2, -0.15) is 10.4 Å². The van der Waals surface area contributed by atoms with Crippen LogP contribution in [0.25, 0.3) is 11.1 Å². The summed E-state index contributed by atoms with van der Waals surface area (Å²) >= 11 is 1.47. The summed E-state index contributed by atoms with van der Waals surface area (Å²) in [5, 5.41) is 14.1.